The molecule has 0 saturated heterocycles. The highest BCUT2D eigenvalue weighted by molar-refractivity contribution is 9.10. The van der Waals surface area contributed by atoms with E-state index in [1.165, 1.54) is 6.07 Å². The van der Waals surface area contributed by atoms with Gasteiger partial charge in [0.2, 0.25) is 0 Å². The van der Waals surface area contributed by atoms with Crippen molar-refractivity contribution in [2.75, 3.05) is 13.7 Å². The summed E-state index contributed by atoms with van der Waals surface area (Å²) in [6, 6.07) is 4.93. The molecule has 0 saturated carbocycles. The van der Waals surface area contributed by atoms with Gasteiger partial charge in [-0.25, -0.2) is 4.79 Å². The maximum absolute atomic E-state index is 11.1. The number of benzene rings is 1. The monoisotopic (exact) mass is 316 g/mol. The number of aromatic carboxylic acids is 1. The molecule has 0 radical (unpaired) electrons. The number of rotatable bonds is 6. The Hall–Kier alpha value is -1.07. The van der Waals surface area contributed by atoms with E-state index in [1.807, 2.05) is 13.8 Å². The zero-order valence-electron chi connectivity index (χ0n) is 10.7. The van der Waals surface area contributed by atoms with Crippen LogP contribution in [-0.2, 0) is 4.74 Å². The highest BCUT2D eigenvalue weighted by Crippen LogP contribution is 2.24. The van der Waals surface area contributed by atoms with Crippen molar-refractivity contribution in [1.82, 2.24) is 0 Å². The zero-order chi connectivity index (χ0) is 13.8. The SMILES string of the molecule is COC(C)(C)CCOc1ccc(Br)cc1C(=O)O. The van der Waals surface area contributed by atoms with Gasteiger partial charge < -0.3 is 14.6 Å². The Morgan fingerprint density at radius 2 is 2.11 bits per heavy atom. The van der Waals surface area contributed by atoms with Gasteiger partial charge in [0, 0.05) is 18.0 Å². The van der Waals surface area contributed by atoms with Gasteiger partial charge in [-0.1, -0.05) is 15.9 Å². The van der Waals surface area contributed by atoms with E-state index >= 15 is 0 Å². The summed E-state index contributed by atoms with van der Waals surface area (Å²) in [5.41, 5.74) is -0.127. The molecule has 0 aromatic heterocycles. The molecule has 5 heteroatoms. The summed E-state index contributed by atoms with van der Waals surface area (Å²) < 4.78 is 11.5. The molecular formula is C13H17BrO4. The molecule has 100 valence electrons. The molecule has 1 aromatic rings. The standard InChI is InChI=1S/C13H17BrO4/c1-13(2,17-3)6-7-18-11-5-4-9(14)8-10(11)12(15)16/h4-5,8H,6-7H2,1-3H3,(H,15,16). The highest BCUT2D eigenvalue weighted by atomic mass is 79.9. The van der Waals surface area contributed by atoms with Crippen molar-refractivity contribution in [3.63, 3.8) is 0 Å². The van der Waals surface area contributed by atoms with Gasteiger partial charge in [0.25, 0.3) is 0 Å². The van der Waals surface area contributed by atoms with Crippen LogP contribution >= 0.6 is 15.9 Å². The van der Waals surface area contributed by atoms with Crippen LogP contribution in [0.15, 0.2) is 22.7 Å². The lowest BCUT2D eigenvalue weighted by Gasteiger charge is -2.22. The first kappa shape index (κ1) is 15.0. The number of carbonyl (C=O) groups is 1. The Bertz CT molecular complexity index is 429. The average molecular weight is 317 g/mol. The predicted octanol–water partition coefficient (Wildman–Crippen LogP) is 3.34. The second-order valence-corrected chi connectivity index (χ2v) is 5.42. The first-order valence-electron chi connectivity index (χ1n) is 5.56. The molecule has 0 unspecified atom stereocenters. The van der Waals surface area contributed by atoms with Crippen molar-refractivity contribution < 1.29 is 19.4 Å². The lowest BCUT2D eigenvalue weighted by Crippen LogP contribution is -2.25. The molecule has 0 fully saturated rings. The van der Waals surface area contributed by atoms with Crippen molar-refractivity contribution in [3.05, 3.63) is 28.2 Å². The van der Waals surface area contributed by atoms with Crippen LogP contribution in [0, 0.1) is 0 Å². The third kappa shape index (κ3) is 4.31. The molecular weight excluding hydrogens is 300 g/mol. The van der Waals surface area contributed by atoms with Crippen LogP contribution in [0.25, 0.3) is 0 Å². The third-order valence-corrected chi connectivity index (χ3v) is 3.18. The lowest BCUT2D eigenvalue weighted by atomic mass is 10.1. The Morgan fingerprint density at radius 1 is 1.44 bits per heavy atom. The summed E-state index contributed by atoms with van der Waals surface area (Å²) in [5, 5.41) is 9.07. The summed E-state index contributed by atoms with van der Waals surface area (Å²) in [5.74, 6) is -0.630. The van der Waals surface area contributed by atoms with Crippen LogP contribution in [0.2, 0.25) is 0 Å². The maximum atomic E-state index is 11.1. The van der Waals surface area contributed by atoms with Gasteiger partial charge in [0.05, 0.1) is 12.2 Å². The van der Waals surface area contributed by atoms with Crippen molar-refractivity contribution in [2.24, 2.45) is 0 Å². The van der Waals surface area contributed by atoms with Crippen molar-refractivity contribution in [1.29, 1.82) is 0 Å². The van der Waals surface area contributed by atoms with Gasteiger partial charge >= 0.3 is 5.97 Å². The van der Waals surface area contributed by atoms with Gasteiger partial charge in [0.1, 0.15) is 11.3 Å². The van der Waals surface area contributed by atoms with Gasteiger partial charge in [0.15, 0.2) is 0 Å². The maximum Gasteiger partial charge on any atom is 0.339 e. The number of halogens is 1. The molecule has 0 spiro atoms. The van der Waals surface area contributed by atoms with E-state index in [2.05, 4.69) is 15.9 Å². The van der Waals surface area contributed by atoms with Crippen LogP contribution in [-0.4, -0.2) is 30.4 Å². The normalized spacial score (nSPS) is 11.3. The van der Waals surface area contributed by atoms with Crippen LogP contribution < -0.4 is 4.74 Å². The molecule has 18 heavy (non-hydrogen) atoms. The minimum atomic E-state index is -1.00. The first-order valence-corrected chi connectivity index (χ1v) is 6.36. The molecule has 1 N–H and O–H groups in total. The third-order valence-electron chi connectivity index (χ3n) is 2.69. The second-order valence-electron chi connectivity index (χ2n) is 4.51. The number of hydrogen-bond donors (Lipinski definition) is 1. The summed E-state index contributed by atoms with van der Waals surface area (Å²) >= 11 is 3.24. The summed E-state index contributed by atoms with van der Waals surface area (Å²) in [7, 11) is 1.64. The smallest absolute Gasteiger partial charge is 0.339 e. The molecule has 0 aliphatic carbocycles. The van der Waals surface area contributed by atoms with Gasteiger partial charge in [-0.05, 0) is 32.0 Å². The fourth-order valence-electron chi connectivity index (χ4n) is 1.30. The first-order chi connectivity index (χ1) is 8.35. The van der Waals surface area contributed by atoms with Crippen LogP contribution in [0.5, 0.6) is 5.75 Å². The predicted molar refractivity (Wildman–Crippen MR) is 72.3 cm³/mol. The van der Waals surface area contributed by atoms with Crippen molar-refractivity contribution in [3.8, 4) is 5.75 Å². The Kier molecular flexibility index (Phi) is 5.16. The highest BCUT2D eigenvalue weighted by Gasteiger charge is 2.17. The van der Waals surface area contributed by atoms with E-state index in [0.29, 0.717) is 23.2 Å². The largest absolute Gasteiger partial charge is 0.493 e. The van der Waals surface area contributed by atoms with E-state index in [-0.39, 0.29) is 11.2 Å². The average Bonchev–Trinajstić information content (AvgIpc) is 2.30. The number of carboxylic acids is 1. The van der Waals surface area contributed by atoms with E-state index in [9.17, 15) is 4.79 Å². The molecule has 1 rings (SSSR count). The molecule has 0 aliphatic rings. The Labute approximate surface area is 115 Å². The minimum Gasteiger partial charge on any atom is -0.493 e. The molecule has 0 bridgehead atoms. The van der Waals surface area contributed by atoms with E-state index in [1.54, 1.807) is 19.2 Å². The number of hydrogen-bond acceptors (Lipinski definition) is 3. The minimum absolute atomic E-state index is 0.152. The summed E-state index contributed by atoms with van der Waals surface area (Å²) in [6.07, 6.45) is 0.679. The molecule has 0 atom stereocenters. The second kappa shape index (κ2) is 6.20. The number of carboxylic acid groups (broad SMARTS) is 1. The summed E-state index contributed by atoms with van der Waals surface area (Å²) in [6.45, 7) is 4.31. The molecule has 1 aromatic carbocycles. The van der Waals surface area contributed by atoms with Gasteiger partial charge in [-0.15, -0.1) is 0 Å². The van der Waals surface area contributed by atoms with Crippen molar-refractivity contribution in [2.45, 2.75) is 25.9 Å². The molecule has 0 aliphatic heterocycles. The van der Waals surface area contributed by atoms with Gasteiger partial charge in [-0.2, -0.15) is 0 Å². The Balaban J connectivity index is 2.70. The van der Waals surface area contributed by atoms with Gasteiger partial charge in [-0.3, -0.25) is 0 Å². The number of ether oxygens (including phenoxy) is 2. The zero-order valence-corrected chi connectivity index (χ0v) is 12.3. The lowest BCUT2D eigenvalue weighted by molar-refractivity contribution is 0.00538. The van der Waals surface area contributed by atoms with E-state index in [4.69, 9.17) is 14.6 Å². The molecule has 4 nitrogen and oxygen atoms in total. The topological polar surface area (TPSA) is 55.8 Å². The number of methoxy groups -OCH3 is 1. The van der Waals surface area contributed by atoms with Crippen LogP contribution in [0.3, 0.4) is 0 Å². The summed E-state index contributed by atoms with van der Waals surface area (Å²) in [4.78, 5) is 11.1. The molecule has 0 heterocycles. The van der Waals surface area contributed by atoms with Crippen LogP contribution in [0.1, 0.15) is 30.6 Å². The van der Waals surface area contributed by atoms with Crippen molar-refractivity contribution >= 4 is 21.9 Å². The fourth-order valence-corrected chi connectivity index (χ4v) is 1.67. The van der Waals surface area contributed by atoms with E-state index < -0.39 is 5.97 Å². The van der Waals surface area contributed by atoms with E-state index in [0.717, 1.165) is 0 Å². The van der Waals surface area contributed by atoms with Crippen LogP contribution in [0.4, 0.5) is 0 Å². The Morgan fingerprint density at radius 3 is 2.67 bits per heavy atom. The fraction of sp³-hybridized carbons (Fsp3) is 0.462. The quantitative estimate of drug-likeness (QED) is 0.874. The molecule has 0 amide bonds.